The Morgan fingerprint density at radius 2 is 1.72 bits per heavy atom. The monoisotopic (exact) mass is 363 g/mol. The largest absolute Gasteiger partial charge is 0.504 e. The van der Waals surface area contributed by atoms with Crippen molar-refractivity contribution in [3.63, 3.8) is 0 Å². The van der Waals surface area contributed by atoms with Gasteiger partial charge in [0.05, 0.1) is 6.54 Å². The molecule has 136 valence electrons. The summed E-state index contributed by atoms with van der Waals surface area (Å²) in [4.78, 5) is 12.4. The molecule has 2 aromatic rings. The molecular formula is C20H26ClNO3. The molecule has 0 aliphatic heterocycles. The van der Waals surface area contributed by atoms with E-state index in [0.29, 0.717) is 11.1 Å². The van der Waals surface area contributed by atoms with E-state index < -0.39 is 0 Å². The van der Waals surface area contributed by atoms with Gasteiger partial charge in [-0.2, -0.15) is 0 Å². The number of carbonyl (C=O) groups is 1. The van der Waals surface area contributed by atoms with E-state index in [4.69, 9.17) is 0 Å². The molecule has 0 saturated carbocycles. The topological polar surface area (TPSA) is 69.6 Å². The second-order valence-electron chi connectivity index (χ2n) is 6.75. The fourth-order valence-corrected chi connectivity index (χ4v) is 2.59. The number of halogens is 1. The first-order chi connectivity index (χ1) is 11.3. The average Bonchev–Trinajstić information content (AvgIpc) is 2.57. The average molecular weight is 364 g/mol. The van der Waals surface area contributed by atoms with E-state index in [0.717, 1.165) is 12.8 Å². The Labute approximate surface area is 155 Å². The number of ketones is 1. The number of rotatable bonds is 7. The number of phenols is 2. The minimum atomic E-state index is -0.232. The van der Waals surface area contributed by atoms with E-state index in [2.05, 4.69) is 31.3 Å². The molecule has 25 heavy (non-hydrogen) atoms. The van der Waals surface area contributed by atoms with Gasteiger partial charge in [-0.1, -0.05) is 30.3 Å². The zero-order valence-electron chi connectivity index (χ0n) is 14.9. The molecule has 0 fully saturated rings. The van der Waals surface area contributed by atoms with Crippen LogP contribution in [-0.2, 0) is 6.42 Å². The lowest BCUT2D eigenvalue weighted by Gasteiger charge is -2.26. The maximum Gasteiger partial charge on any atom is 0.177 e. The molecule has 0 radical (unpaired) electrons. The van der Waals surface area contributed by atoms with Crippen LogP contribution in [0.3, 0.4) is 0 Å². The van der Waals surface area contributed by atoms with Gasteiger partial charge in [-0.05, 0) is 51.3 Å². The number of aryl methyl sites for hydroxylation is 1. The van der Waals surface area contributed by atoms with Crippen LogP contribution in [0.25, 0.3) is 0 Å². The quantitative estimate of drug-likeness (QED) is 0.513. The van der Waals surface area contributed by atoms with Crippen LogP contribution < -0.4 is 5.32 Å². The summed E-state index contributed by atoms with van der Waals surface area (Å²) in [6, 6.07) is 13.1. The van der Waals surface area contributed by atoms with Crippen molar-refractivity contribution >= 4 is 18.2 Å². The normalized spacial score (nSPS) is 11.0. The minimum Gasteiger partial charge on any atom is -0.504 e. The van der Waals surface area contributed by atoms with Gasteiger partial charge in [0.25, 0.3) is 0 Å². The van der Waals surface area contributed by atoms with E-state index >= 15 is 0 Å². The predicted octanol–water partition coefficient (Wildman–Crippen LogP) is 4.01. The Hall–Kier alpha value is -2.04. The van der Waals surface area contributed by atoms with Crippen LogP contribution in [-0.4, -0.2) is 28.1 Å². The summed E-state index contributed by atoms with van der Waals surface area (Å²) in [5.74, 6) is -0.542. The van der Waals surface area contributed by atoms with Crippen molar-refractivity contribution in [3.05, 3.63) is 59.2 Å². The Bertz CT molecular complexity index is 714. The van der Waals surface area contributed by atoms with Crippen LogP contribution in [0.4, 0.5) is 0 Å². The fraction of sp³-hybridized carbons (Fsp3) is 0.350. The first kappa shape index (κ1) is 21.0. The lowest BCUT2D eigenvalue weighted by molar-refractivity contribution is 0.0978. The number of benzene rings is 2. The molecule has 2 rings (SSSR count). The number of nitrogens with one attached hydrogen (secondary N) is 1. The Balaban J connectivity index is 0.00000312. The number of phenolic OH excluding ortho intramolecular Hbond substituents is 2. The van der Waals surface area contributed by atoms with Gasteiger partial charge in [0.1, 0.15) is 0 Å². The molecule has 5 heteroatoms. The van der Waals surface area contributed by atoms with Crippen molar-refractivity contribution in [2.24, 2.45) is 0 Å². The van der Waals surface area contributed by atoms with E-state index in [9.17, 15) is 15.0 Å². The summed E-state index contributed by atoms with van der Waals surface area (Å²) in [5, 5.41) is 22.5. The third kappa shape index (κ3) is 5.76. The molecule has 0 aliphatic rings. The van der Waals surface area contributed by atoms with Crippen LogP contribution in [0.15, 0.2) is 42.5 Å². The molecule has 0 atom stereocenters. The second kappa shape index (κ2) is 8.88. The third-order valence-electron chi connectivity index (χ3n) is 4.32. The van der Waals surface area contributed by atoms with Gasteiger partial charge in [0.15, 0.2) is 17.3 Å². The lowest BCUT2D eigenvalue weighted by Crippen LogP contribution is -2.42. The molecule has 0 aliphatic carbocycles. The van der Waals surface area contributed by atoms with E-state index in [1.165, 1.54) is 11.6 Å². The molecule has 0 amide bonds. The summed E-state index contributed by atoms with van der Waals surface area (Å²) in [6.45, 7) is 5.96. The minimum absolute atomic E-state index is 0. The zero-order valence-corrected chi connectivity index (χ0v) is 15.7. The highest BCUT2D eigenvalue weighted by Gasteiger charge is 2.20. The van der Waals surface area contributed by atoms with Gasteiger partial charge in [0.2, 0.25) is 0 Å². The third-order valence-corrected chi connectivity index (χ3v) is 4.32. The van der Waals surface area contributed by atoms with Crippen molar-refractivity contribution in [2.75, 3.05) is 6.54 Å². The highest BCUT2D eigenvalue weighted by Crippen LogP contribution is 2.30. The fourth-order valence-electron chi connectivity index (χ4n) is 2.59. The molecule has 4 nitrogen and oxygen atoms in total. The molecule has 0 saturated heterocycles. The van der Waals surface area contributed by atoms with Gasteiger partial charge < -0.3 is 15.5 Å². The number of aromatic hydroxyl groups is 2. The molecule has 0 aromatic heterocycles. The molecule has 0 spiro atoms. The van der Waals surface area contributed by atoms with Crippen LogP contribution >= 0.6 is 12.4 Å². The first-order valence-corrected chi connectivity index (χ1v) is 8.14. The highest BCUT2D eigenvalue weighted by molar-refractivity contribution is 5.99. The zero-order chi connectivity index (χ0) is 17.7. The molecule has 0 unspecified atom stereocenters. The number of hydrogen-bond acceptors (Lipinski definition) is 4. The maximum absolute atomic E-state index is 12.4. The van der Waals surface area contributed by atoms with Gasteiger partial charge in [-0.25, -0.2) is 0 Å². The van der Waals surface area contributed by atoms with Crippen LogP contribution in [0, 0.1) is 6.92 Å². The highest BCUT2D eigenvalue weighted by atomic mass is 35.5. The van der Waals surface area contributed by atoms with Gasteiger partial charge in [-0.3, -0.25) is 4.79 Å². The number of Topliss-reactive ketones (excluding diaryl/α,β-unsaturated/α-hetero) is 1. The number of carbonyl (C=O) groups excluding carboxylic acids is 1. The van der Waals surface area contributed by atoms with Crippen LogP contribution in [0.2, 0.25) is 0 Å². The van der Waals surface area contributed by atoms with Gasteiger partial charge in [-0.15, -0.1) is 12.4 Å². The summed E-state index contributed by atoms with van der Waals surface area (Å²) >= 11 is 0. The Kier molecular flexibility index (Phi) is 7.46. The first-order valence-electron chi connectivity index (χ1n) is 8.14. The van der Waals surface area contributed by atoms with E-state index in [1.54, 1.807) is 13.0 Å². The summed E-state index contributed by atoms with van der Waals surface area (Å²) < 4.78 is 0. The molecule has 0 heterocycles. The van der Waals surface area contributed by atoms with E-state index in [-0.39, 0.29) is 41.8 Å². The van der Waals surface area contributed by atoms with Crippen molar-refractivity contribution < 1.29 is 15.0 Å². The summed E-state index contributed by atoms with van der Waals surface area (Å²) in [6.07, 6.45) is 1.85. The van der Waals surface area contributed by atoms with Gasteiger partial charge in [0, 0.05) is 16.7 Å². The SMILES string of the molecule is Cc1c(C(=O)CNC(C)(C)CCc2ccccc2)ccc(O)c1O.Cl. The predicted molar refractivity (Wildman–Crippen MR) is 103 cm³/mol. The summed E-state index contributed by atoms with van der Waals surface area (Å²) in [5.41, 5.74) is 1.93. The van der Waals surface area contributed by atoms with Crippen LogP contribution in [0.1, 0.15) is 41.8 Å². The Morgan fingerprint density at radius 1 is 1.08 bits per heavy atom. The smallest absolute Gasteiger partial charge is 0.177 e. The number of hydrogen-bond donors (Lipinski definition) is 3. The molecule has 0 bridgehead atoms. The van der Waals surface area contributed by atoms with E-state index in [1.807, 2.05) is 18.2 Å². The molecule has 3 N–H and O–H groups in total. The van der Waals surface area contributed by atoms with Crippen molar-refractivity contribution in [3.8, 4) is 11.5 Å². The standard InChI is InChI=1S/C20H25NO3.ClH/c1-14-16(9-10-17(22)19(14)24)18(23)13-21-20(2,3)12-11-15-7-5-4-6-8-15;/h4-10,21-22,24H,11-13H2,1-3H3;1H. The van der Waals surface area contributed by atoms with Crippen molar-refractivity contribution in [2.45, 2.75) is 39.2 Å². The molecule has 2 aromatic carbocycles. The van der Waals surface area contributed by atoms with Crippen LogP contribution in [0.5, 0.6) is 11.5 Å². The summed E-state index contributed by atoms with van der Waals surface area (Å²) in [7, 11) is 0. The lowest BCUT2D eigenvalue weighted by atomic mass is 9.94. The van der Waals surface area contributed by atoms with Crippen molar-refractivity contribution in [1.29, 1.82) is 0 Å². The van der Waals surface area contributed by atoms with Crippen molar-refractivity contribution in [1.82, 2.24) is 5.32 Å². The maximum atomic E-state index is 12.4. The second-order valence-corrected chi connectivity index (χ2v) is 6.75. The Morgan fingerprint density at radius 3 is 2.36 bits per heavy atom. The van der Waals surface area contributed by atoms with Gasteiger partial charge >= 0.3 is 0 Å². The molecular weight excluding hydrogens is 338 g/mol.